The lowest BCUT2D eigenvalue weighted by atomic mass is 10.1. The highest BCUT2D eigenvalue weighted by atomic mass is 16.5. The largest absolute Gasteiger partial charge is 0.469 e. The highest BCUT2D eigenvalue weighted by molar-refractivity contribution is 5.73. The Labute approximate surface area is 110 Å². The van der Waals surface area contributed by atoms with Gasteiger partial charge in [-0.1, -0.05) is 0 Å². The van der Waals surface area contributed by atoms with E-state index >= 15 is 0 Å². The van der Waals surface area contributed by atoms with Crippen molar-refractivity contribution >= 4 is 11.9 Å². The predicted molar refractivity (Wildman–Crippen MR) is 65.3 cm³/mol. The Kier molecular flexibility index (Phi) is 3.98. The van der Waals surface area contributed by atoms with Crippen molar-refractivity contribution < 1.29 is 19.0 Å². The number of anilines is 1. The lowest BCUT2D eigenvalue weighted by molar-refractivity contribution is -0.144. The van der Waals surface area contributed by atoms with Gasteiger partial charge < -0.3 is 19.1 Å². The molecule has 1 aromatic heterocycles. The molecule has 1 aromatic rings. The number of hydrogen-bond donors (Lipinski definition) is 0. The van der Waals surface area contributed by atoms with E-state index in [1.807, 2.05) is 4.90 Å². The Bertz CT molecular complexity index is 446. The van der Waals surface area contributed by atoms with Gasteiger partial charge in [-0.2, -0.15) is 9.97 Å². The van der Waals surface area contributed by atoms with Crippen LogP contribution in [0.25, 0.3) is 0 Å². The standard InChI is InChI=1S/C11H16N4O4/c1-17-8(16)7-4-5-15(6-7)9-12-10(18-2)14-11(13-9)19-3/h7H,4-6H2,1-3H3. The lowest BCUT2D eigenvalue weighted by Gasteiger charge is -2.16. The summed E-state index contributed by atoms with van der Waals surface area (Å²) in [5, 5.41) is 0. The van der Waals surface area contributed by atoms with Crippen LogP contribution in [0.15, 0.2) is 0 Å². The van der Waals surface area contributed by atoms with Gasteiger partial charge in [0, 0.05) is 13.1 Å². The molecule has 2 rings (SSSR count). The molecule has 1 saturated heterocycles. The molecule has 0 bridgehead atoms. The zero-order valence-corrected chi connectivity index (χ0v) is 11.1. The first-order valence-corrected chi connectivity index (χ1v) is 5.84. The molecule has 104 valence electrons. The van der Waals surface area contributed by atoms with Crippen LogP contribution in [0, 0.1) is 5.92 Å². The molecule has 0 N–H and O–H groups in total. The van der Waals surface area contributed by atoms with Gasteiger partial charge in [-0.05, 0) is 6.42 Å². The minimum atomic E-state index is -0.213. The molecule has 2 heterocycles. The molecule has 1 unspecified atom stereocenters. The summed E-state index contributed by atoms with van der Waals surface area (Å²) in [5.74, 6) is 0.0735. The van der Waals surface area contributed by atoms with E-state index in [4.69, 9.17) is 14.2 Å². The fourth-order valence-corrected chi connectivity index (χ4v) is 1.95. The molecular weight excluding hydrogens is 252 g/mol. The van der Waals surface area contributed by atoms with Gasteiger partial charge in [-0.15, -0.1) is 4.98 Å². The molecule has 1 aliphatic heterocycles. The number of methoxy groups -OCH3 is 3. The second-order valence-electron chi connectivity index (χ2n) is 4.06. The van der Waals surface area contributed by atoms with Crippen molar-refractivity contribution in [3.05, 3.63) is 0 Å². The number of ether oxygens (including phenoxy) is 3. The van der Waals surface area contributed by atoms with E-state index in [9.17, 15) is 4.79 Å². The Balaban J connectivity index is 2.16. The number of rotatable bonds is 4. The summed E-state index contributed by atoms with van der Waals surface area (Å²) in [7, 11) is 4.33. The van der Waals surface area contributed by atoms with Crippen molar-refractivity contribution in [2.45, 2.75) is 6.42 Å². The molecule has 8 heteroatoms. The lowest BCUT2D eigenvalue weighted by Crippen LogP contribution is -2.25. The summed E-state index contributed by atoms with van der Waals surface area (Å²) >= 11 is 0. The van der Waals surface area contributed by atoms with Crippen LogP contribution in [0.1, 0.15) is 6.42 Å². The Morgan fingerprint density at radius 3 is 2.32 bits per heavy atom. The van der Waals surface area contributed by atoms with Crippen LogP contribution in [-0.4, -0.2) is 55.3 Å². The van der Waals surface area contributed by atoms with Crippen LogP contribution in [-0.2, 0) is 9.53 Å². The number of esters is 1. The summed E-state index contributed by atoms with van der Waals surface area (Å²) in [4.78, 5) is 25.6. The average molecular weight is 268 g/mol. The molecule has 0 saturated carbocycles. The predicted octanol–water partition coefficient (Wildman–Crippen LogP) is -0.112. The monoisotopic (exact) mass is 268 g/mol. The Morgan fingerprint density at radius 1 is 1.16 bits per heavy atom. The van der Waals surface area contributed by atoms with Crippen molar-refractivity contribution in [3.63, 3.8) is 0 Å². The summed E-state index contributed by atoms with van der Waals surface area (Å²) < 4.78 is 14.7. The van der Waals surface area contributed by atoms with Gasteiger partial charge in [0.25, 0.3) is 0 Å². The Hall–Kier alpha value is -2.12. The minimum Gasteiger partial charge on any atom is -0.469 e. The maximum Gasteiger partial charge on any atom is 0.324 e. The molecule has 0 aromatic carbocycles. The molecule has 1 atom stereocenters. The maximum atomic E-state index is 11.5. The second-order valence-corrected chi connectivity index (χ2v) is 4.06. The smallest absolute Gasteiger partial charge is 0.324 e. The van der Waals surface area contributed by atoms with E-state index in [2.05, 4.69) is 15.0 Å². The molecule has 0 radical (unpaired) electrons. The van der Waals surface area contributed by atoms with E-state index < -0.39 is 0 Å². The van der Waals surface area contributed by atoms with Crippen LogP contribution in [0.4, 0.5) is 5.95 Å². The summed E-state index contributed by atoms with van der Waals surface area (Å²) in [5.41, 5.74) is 0. The molecule has 1 aliphatic rings. The van der Waals surface area contributed by atoms with Crippen molar-refractivity contribution in [1.82, 2.24) is 15.0 Å². The summed E-state index contributed by atoms with van der Waals surface area (Å²) in [6, 6.07) is 0.367. The maximum absolute atomic E-state index is 11.5. The third-order valence-electron chi connectivity index (χ3n) is 2.95. The molecule has 0 amide bonds. The van der Waals surface area contributed by atoms with Crippen LogP contribution in [0.3, 0.4) is 0 Å². The second kappa shape index (κ2) is 5.68. The normalized spacial score (nSPS) is 18.3. The van der Waals surface area contributed by atoms with Crippen LogP contribution in [0.5, 0.6) is 12.0 Å². The zero-order chi connectivity index (χ0) is 13.8. The van der Waals surface area contributed by atoms with Gasteiger partial charge in [-0.25, -0.2) is 0 Å². The molecule has 8 nitrogen and oxygen atoms in total. The minimum absolute atomic E-state index is 0.154. The van der Waals surface area contributed by atoms with E-state index in [0.29, 0.717) is 25.5 Å². The first-order chi connectivity index (χ1) is 9.17. The van der Waals surface area contributed by atoms with Crippen molar-refractivity contribution in [2.75, 3.05) is 39.3 Å². The first kappa shape index (κ1) is 13.3. The number of aromatic nitrogens is 3. The van der Waals surface area contributed by atoms with Crippen LogP contribution < -0.4 is 14.4 Å². The highest BCUT2D eigenvalue weighted by Gasteiger charge is 2.31. The van der Waals surface area contributed by atoms with Crippen molar-refractivity contribution in [1.29, 1.82) is 0 Å². The van der Waals surface area contributed by atoms with Gasteiger partial charge >= 0.3 is 18.0 Å². The fraction of sp³-hybridized carbons (Fsp3) is 0.636. The third kappa shape index (κ3) is 2.83. The van der Waals surface area contributed by atoms with Gasteiger partial charge in [0.2, 0.25) is 5.95 Å². The SMILES string of the molecule is COC(=O)C1CCN(c2nc(OC)nc(OC)n2)C1. The van der Waals surface area contributed by atoms with Gasteiger partial charge in [0.15, 0.2) is 0 Å². The average Bonchev–Trinajstić information content (AvgIpc) is 2.95. The molecule has 0 spiro atoms. The number of hydrogen-bond acceptors (Lipinski definition) is 8. The number of carbonyl (C=O) groups is 1. The van der Waals surface area contributed by atoms with Gasteiger partial charge in [0.1, 0.15) is 0 Å². The first-order valence-electron chi connectivity index (χ1n) is 5.84. The fourth-order valence-electron chi connectivity index (χ4n) is 1.95. The highest BCUT2D eigenvalue weighted by Crippen LogP contribution is 2.24. The van der Waals surface area contributed by atoms with E-state index in [1.54, 1.807) is 0 Å². The number of carbonyl (C=O) groups excluding carboxylic acids is 1. The van der Waals surface area contributed by atoms with Crippen molar-refractivity contribution in [3.8, 4) is 12.0 Å². The van der Waals surface area contributed by atoms with Crippen molar-refractivity contribution in [2.24, 2.45) is 5.92 Å². The molecule has 19 heavy (non-hydrogen) atoms. The van der Waals surface area contributed by atoms with E-state index in [-0.39, 0.29) is 23.9 Å². The van der Waals surface area contributed by atoms with Gasteiger partial charge in [-0.3, -0.25) is 4.79 Å². The van der Waals surface area contributed by atoms with E-state index in [0.717, 1.165) is 0 Å². The third-order valence-corrected chi connectivity index (χ3v) is 2.95. The van der Waals surface area contributed by atoms with E-state index in [1.165, 1.54) is 21.3 Å². The van der Waals surface area contributed by atoms with Crippen LogP contribution in [0.2, 0.25) is 0 Å². The summed E-state index contributed by atoms with van der Waals surface area (Å²) in [6.07, 6.45) is 0.711. The van der Waals surface area contributed by atoms with Crippen LogP contribution >= 0.6 is 0 Å². The summed E-state index contributed by atoms with van der Waals surface area (Å²) in [6.45, 7) is 1.19. The van der Waals surface area contributed by atoms with Gasteiger partial charge in [0.05, 0.1) is 27.2 Å². The molecule has 0 aliphatic carbocycles. The number of nitrogens with zero attached hydrogens (tertiary/aromatic N) is 4. The zero-order valence-electron chi connectivity index (χ0n) is 11.1. The molecular formula is C11H16N4O4. The topological polar surface area (TPSA) is 86.7 Å². The Morgan fingerprint density at radius 2 is 1.79 bits per heavy atom. The molecule has 1 fully saturated rings. The quantitative estimate of drug-likeness (QED) is 0.699.